The van der Waals surface area contributed by atoms with Gasteiger partial charge in [-0.1, -0.05) is 35.4 Å². The third-order valence-corrected chi connectivity index (χ3v) is 6.53. The number of hydrogen-bond acceptors (Lipinski definition) is 3. The summed E-state index contributed by atoms with van der Waals surface area (Å²) in [5.41, 5.74) is 5.45. The van der Waals surface area contributed by atoms with Gasteiger partial charge in [0.15, 0.2) is 0 Å². The number of benzene rings is 3. The summed E-state index contributed by atoms with van der Waals surface area (Å²) in [4.78, 5) is 30.7. The van der Waals surface area contributed by atoms with Gasteiger partial charge in [-0.15, -0.1) is 0 Å². The summed E-state index contributed by atoms with van der Waals surface area (Å²) < 4.78 is 5.25. The first kappa shape index (κ1) is 24.3. The highest BCUT2D eigenvalue weighted by Gasteiger charge is 2.39. The molecule has 3 amide bonds. The van der Waals surface area contributed by atoms with Crippen LogP contribution in [0.4, 0.5) is 16.2 Å². The fraction of sp³-hybridized carbons (Fsp3) is 0.310. The number of amides is 3. The summed E-state index contributed by atoms with van der Waals surface area (Å²) in [6.45, 7) is 8.56. The van der Waals surface area contributed by atoms with Gasteiger partial charge in [0, 0.05) is 29.5 Å². The molecule has 0 aliphatic carbocycles. The second-order valence-corrected chi connectivity index (χ2v) is 9.11. The number of hydrogen-bond donors (Lipinski definition) is 1. The van der Waals surface area contributed by atoms with Crippen molar-refractivity contribution in [2.45, 2.75) is 46.2 Å². The first-order chi connectivity index (χ1) is 16.8. The highest BCUT2D eigenvalue weighted by atomic mass is 16.5. The Labute approximate surface area is 207 Å². The predicted octanol–water partition coefficient (Wildman–Crippen LogP) is 6.03. The lowest BCUT2D eigenvalue weighted by Gasteiger charge is -2.43. The standard InChI is InChI=1S/C29H33N3O3/c1-6-30-29(34)32(23-12-7-19(2)8-13-23)27-18-21(4)31(26-16-9-20(3)17-25(26)27)28(33)22-10-14-24(35-5)15-11-22/h7-17,21,27H,6,18H2,1-5H3,(H,30,34)/t21-,27+/m0/s1. The monoisotopic (exact) mass is 471 g/mol. The van der Waals surface area contributed by atoms with Gasteiger partial charge in [-0.3, -0.25) is 9.69 Å². The molecule has 6 nitrogen and oxygen atoms in total. The quantitative estimate of drug-likeness (QED) is 0.494. The minimum atomic E-state index is -0.214. The number of methoxy groups -OCH3 is 1. The molecule has 0 spiro atoms. The van der Waals surface area contributed by atoms with E-state index in [1.54, 1.807) is 31.4 Å². The number of carbonyl (C=O) groups excluding carboxylic acids is 2. The van der Waals surface area contributed by atoms with Gasteiger partial charge in [-0.2, -0.15) is 0 Å². The molecule has 0 bridgehead atoms. The van der Waals surface area contributed by atoms with Gasteiger partial charge in [-0.05, 0) is 82.1 Å². The van der Waals surface area contributed by atoms with Crippen LogP contribution in [0.25, 0.3) is 0 Å². The number of anilines is 2. The van der Waals surface area contributed by atoms with Crippen LogP contribution in [0.5, 0.6) is 5.75 Å². The third-order valence-electron chi connectivity index (χ3n) is 6.53. The van der Waals surface area contributed by atoms with E-state index in [0.717, 1.165) is 28.1 Å². The zero-order valence-electron chi connectivity index (χ0n) is 21.0. The van der Waals surface area contributed by atoms with E-state index in [2.05, 4.69) is 11.4 Å². The van der Waals surface area contributed by atoms with Crippen molar-refractivity contribution in [3.05, 3.63) is 89.0 Å². The van der Waals surface area contributed by atoms with Crippen LogP contribution in [-0.4, -0.2) is 31.6 Å². The lowest BCUT2D eigenvalue weighted by molar-refractivity contribution is 0.0973. The topological polar surface area (TPSA) is 61.9 Å². The molecule has 0 aromatic heterocycles. The van der Waals surface area contributed by atoms with Gasteiger partial charge in [0.05, 0.1) is 13.2 Å². The minimum Gasteiger partial charge on any atom is -0.497 e. The molecule has 0 saturated heterocycles. The molecule has 1 aliphatic rings. The lowest BCUT2D eigenvalue weighted by Crippen LogP contribution is -2.50. The average molecular weight is 472 g/mol. The molecule has 3 aromatic carbocycles. The van der Waals surface area contributed by atoms with Crippen molar-refractivity contribution in [2.75, 3.05) is 23.5 Å². The van der Waals surface area contributed by atoms with Crippen molar-refractivity contribution in [2.24, 2.45) is 0 Å². The largest absolute Gasteiger partial charge is 0.497 e. The fourth-order valence-corrected chi connectivity index (χ4v) is 4.76. The van der Waals surface area contributed by atoms with E-state index in [-0.39, 0.29) is 24.0 Å². The van der Waals surface area contributed by atoms with Crippen LogP contribution in [0.1, 0.15) is 53.4 Å². The molecule has 1 heterocycles. The zero-order chi connectivity index (χ0) is 25.1. The number of rotatable bonds is 5. The molecule has 6 heteroatoms. The molecule has 182 valence electrons. The van der Waals surface area contributed by atoms with Crippen molar-refractivity contribution < 1.29 is 14.3 Å². The van der Waals surface area contributed by atoms with Crippen LogP contribution in [0.15, 0.2) is 66.7 Å². The number of carbonyl (C=O) groups is 2. The van der Waals surface area contributed by atoms with E-state index < -0.39 is 0 Å². The molecule has 3 aromatic rings. The van der Waals surface area contributed by atoms with Crippen LogP contribution in [0, 0.1) is 13.8 Å². The molecule has 0 fully saturated rings. The summed E-state index contributed by atoms with van der Waals surface area (Å²) in [6, 6.07) is 20.8. The minimum absolute atomic E-state index is 0.0661. The molecule has 4 rings (SSSR count). The van der Waals surface area contributed by atoms with E-state index in [0.29, 0.717) is 24.3 Å². The Hall–Kier alpha value is -3.80. The number of fused-ring (bicyclic) bond motifs is 1. The average Bonchev–Trinajstić information content (AvgIpc) is 2.85. The van der Waals surface area contributed by atoms with Gasteiger partial charge in [0.25, 0.3) is 5.91 Å². The Morgan fingerprint density at radius 2 is 1.66 bits per heavy atom. The lowest BCUT2D eigenvalue weighted by atomic mass is 9.88. The number of ether oxygens (including phenoxy) is 1. The van der Waals surface area contributed by atoms with Gasteiger partial charge < -0.3 is 15.0 Å². The molecule has 0 radical (unpaired) electrons. The zero-order valence-corrected chi connectivity index (χ0v) is 21.0. The molecular weight excluding hydrogens is 438 g/mol. The summed E-state index contributed by atoms with van der Waals surface area (Å²) in [5, 5.41) is 2.98. The fourth-order valence-electron chi connectivity index (χ4n) is 4.76. The number of urea groups is 1. The maximum absolute atomic E-state index is 13.7. The van der Waals surface area contributed by atoms with Crippen LogP contribution >= 0.6 is 0 Å². The summed E-state index contributed by atoms with van der Waals surface area (Å²) in [6.07, 6.45) is 0.614. The highest BCUT2D eigenvalue weighted by Crippen LogP contribution is 2.43. The van der Waals surface area contributed by atoms with Crippen molar-refractivity contribution in [1.29, 1.82) is 0 Å². The SMILES string of the molecule is CCNC(=O)N(c1ccc(C)cc1)[C@@H]1C[C@H](C)N(C(=O)c2ccc(OC)cc2)c2ccc(C)cc21. The van der Waals surface area contributed by atoms with E-state index in [9.17, 15) is 9.59 Å². The summed E-state index contributed by atoms with van der Waals surface area (Å²) in [7, 11) is 1.61. The van der Waals surface area contributed by atoms with Crippen LogP contribution in [-0.2, 0) is 0 Å². The number of aryl methyl sites for hydroxylation is 2. The third kappa shape index (κ3) is 4.87. The summed E-state index contributed by atoms with van der Waals surface area (Å²) >= 11 is 0. The van der Waals surface area contributed by atoms with Crippen molar-refractivity contribution in [1.82, 2.24) is 5.32 Å². The van der Waals surface area contributed by atoms with E-state index in [1.165, 1.54) is 0 Å². The van der Waals surface area contributed by atoms with Gasteiger partial charge in [0.1, 0.15) is 5.75 Å². The van der Waals surface area contributed by atoms with Crippen LogP contribution in [0.3, 0.4) is 0 Å². The second kappa shape index (κ2) is 10.2. The second-order valence-electron chi connectivity index (χ2n) is 9.11. The van der Waals surface area contributed by atoms with E-state index >= 15 is 0 Å². The number of nitrogens with zero attached hydrogens (tertiary/aromatic N) is 2. The van der Waals surface area contributed by atoms with Crippen molar-refractivity contribution in [3.63, 3.8) is 0 Å². The summed E-state index contributed by atoms with van der Waals surface area (Å²) in [5.74, 6) is 0.642. The smallest absolute Gasteiger partial charge is 0.322 e. The Kier molecular flexibility index (Phi) is 7.10. The predicted molar refractivity (Wildman–Crippen MR) is 141 cm³/mol. The molecule has 2 atom stereocenters. The van der Waals surface area contributed by atoms with Gasteiger partial charge in [0.2, 0.25) is 0 Å². The first-order valence-electron chi connectivity index (χ1n) is 12.1. The van der Waals surface area contributed by atoms with Gasteiger partial charge >= 0.3 is 6.03 Å². The Bertz CT molecular complexity index is 1200. The van der Waals surface area contributed by atoms with Crippen molar-refractivity contribution in [3.8, 4) is 5.75 Å². The van der Waals surface area contributed by atoms with Crippen molar-refractivity contribution >= 4 is 23.3 Å². The van der Waals surface area contributed by atoms with Crippen LogP contribution in [0.2, 0.25) is 0 Å². The molecule has 35 heavy (non-hydrogen) atoms. The Balaban J connectivity index is 1.79. The Morgan fingerprint density at radius 1 is 1.00 bits per heavy atom. The van der Waals surface area contributed by atoms with E-state index in [4.69, 9.17) is 4.74 Å². The molecule has 0 saturated carbocycles. The highest BCUT2D eigenvalue weighted by molar-refractivity contribution is 6.07. The molecule has 1 N–H and O–H groups in total. The van der Waals surface area contributed by atoms with Crippen LogP contribution < -0.4 is 19.9 Å². The Morgan fingerprint density at radius 3 is 2.29 bits per heavy atom. The molecular formula is C29H33N3O3. The maximum Gasteiger partial charge on any atom is 0.322 e. The first-order valence-corrected chi connectivity index (χ1v) is 12.1. The molecule has 0 unspecified atom stereocenters. The number of nitrogens with one attached hydrogen (secondary N) is 1. The normalized spacial score (nSPS) is 16.9. The van der Waals surface area contributed by atoms with E-state index in [1.807, 2.05) is 73.9 Å². The molecule has 1 aliphatic heterocycles. The van der Waals surface area contributed by atoms with Gasteiger partial charge in [-0.25, -0.2) is 4.79 Å². The maximum atomic E-state index is 13.7.